The highest BCUT2D eigenvalue weighted by atomic mass is 16.5. The number of phenols is 1. The summed E-state index contributed by atoms with van der Waals surface area (Å²) in [6.07, 6.45) is 2.47. The Morgan fingerprint density at radius 2 is 1.97 bits per heavy atom. The van der Waals surface area contributed by atoms with E-state index in [4.69, 9.17) is 13.9 Å². The van der Waals surface area contributed by atoms with Crippen molar-refractivity contribution >= 4 is 5.91 Å². The fourth-order valence-electron chi connectivity index (χ4n) is 4.62. The smallest absolute Gasteiger partial charge is 0.273 e. The Kier molecular flexibility index (Phi) is 6.41. The van der Waals surface area contributed by atoms with Crippen LogP contribution in [0.25, 0.3) is 11.3 Å². The summed E-state index contributed by atoms with van der Waals surface area (Å²) in [6, 6.07) is 14.3. The number of fused-ring (bicyclic) bond motifs is 1. The Hall–Kier alpha value is -4.20. The van der Waals surface area contributed by atoms with Gasteiger partial charge >= 0.3 is 0 Å². The lowest BCUT2D eigenvalue weighted by molar-refractivity contribution is 0.0716. The van der Waals surface area contributed by atoms with Crippen LogP contribution in [0.15, 0.2) is 59.2 Å². The highest BCUT2D eigenvalue weighted by Gasteiger charge is 2.43. The number of aryl methyl sites for hydroxylation is 1. The molecule has 186 valence electrons. The maximum Gasteiger partial charge on any atom is 0.273 e. The molecule has 2 aromatic heterocycles. The topological polar surface area (TPSA) is 101 Å². The van der Waals surface area contributed by atoms with E-state index in [1.54, 1.807) is 23.3 Å². The minimum absolute atomic E-state index is 0.101. The molecule has 0 bridgehead atoms. The number of nitrogens with one attached hydrogen (secondary N) is 1. The van der Waals surface area contributed by atoms with E-state index in [1.807, 2.05) is 57.2 Å². The maximum absolute atomic E-state index is 13.6. The number of rotatable bonds is 9. The van der Waals surface area contributed by atoms with Gasteiger partial charge in [-0.15, -0.1) is 0 Å². The zero-order valence-electron chi connectivity index (χ0n) is 20.6. The van der Waals surface area contributed by atoms with Crippen molar-refractivity contribution in [2.75, 3.05) is 13.2 Å². The highest BCUT2D eigenvalue weighted by Crippen LogP contribution is 2.46. The molecule has 1 aliphatic heterocycles. The SMILES string of the molecule is CCCOc1ccc([C@H]2c3c(-c4cc(C)ccc4O)n[nH]c3C(=O)N2Cc2ccco2)cc1OCC. The van der Waals surface area contributed by atoms with Crippen LogP contribution in [0.5, 0.6) is 17.2 Å². The summed E-state index contributed by atoms with van der Waals surface area (Å²) >= 11 is 0. The number of nitrogens with zero attached hydrogens (tertiary/aromatic N) is 2. The first-order valence-corrected chi connectivity index (χ1v) is 12.1. The summed E-state index contributed by atoms with van der Waals surface area (Å²) in [4.78, 5) is 15.4. The molecule has 2 N–H and O–H groups in total. The first-order valence-electron chi connectivity index (χ1n) is 12.1. The number of aromatic amines is 1. The van der Waals surface area contributed by atoms with Crippen LogP contribution < -0.4 is 9.47 Å². The quantitative estimate of drug-likeness (QED) is 0.318. The highest BCUT2D eigenvalue weighted by molar-refractivity contribution is 6.00. The third-order valence-corrected chi connectivity index (χ3v) is 6.22. The number of benzene rings is 2. The molecule has 3 heterocycles. The molecule has 0 saturated heterocycles. The lowest BCUT2D eigenvalue weighted by Crippen LogP contribution is -2.29. The van der Waals surface area contributed by atoms with Crippen molar-refractivity contribution in [2.45, 2.75) is 39.8 Å². The summed E-state index contributed by atoms with van der Waals surface area (Å²) in [5.74, 6) is 1.85. The molecule has 2 aromatic carbocycles. The molecule has 8 heteroatoms. The Morgan fingerprint density at radius 3 is 2.72 bits per heavy atom. The standard InChI is InChI=1S/C28H29N3O5/c1-4-12-36-22-11-9-18(15-23(22)34-5-2)27-24-25(20-14-17(3)8-10-21(20)32)29-30-26(24)28(33)31(27)16-19-7-6-13-35-19/h6-11,13-15,27,32H,4-5,12,16H2,1-3H3,(H,29,30)/t27-/m0/s1. The van der Waals surface area contributed by atoms with Gasteiger partial charge in [-0.2, -0.15) is 5.10 Å². The van der Waals surface area contributed by atoms with Gasteiger partial charge in [-0.1, -0.05) is 24.6 Å². The normalized spacial score (nSPS) is 14.8. The number of carbonyl (C=O) groups is 1. The largest absolute Gasteiger partial charge is 0.507 e. The summed E-state index contributed by atoms with van der Waals surface area (Å²) < 4.78 is 17.4. The molecule has 0 saturated carbocycles. The van der Waals surface area contributed by atoms with E-state index in [0.29, 0.717) is 53.0 Å². The maximum atomic E-state index is 13.6. The summed E-state index contributed by atoms with van der Waals surface area (Å²) in [6.45, 7) is 7.25. The number of phenolic OH excluding ortho intramolecular Hbond substituents is 1. The van der Waals surface area contributed by atoms with E-state index < -0.39 is 6.04 Å². The van der Waals surface area contributed by atoms with Crippen molar-refractivity contribution < 1.29 is 23.8 Å². The number of aromatic hydroxyl groups is 1. The van der Waals surface area contributed by atoms with E-state index >= 15 is 0 Å². The Balaban J connectivity index is 1.66. The molecular weight excluding hydrogens is 458 g/mol. The zero-order chi connectivity index (χ0) is 25.2. The van der Waals surface area contributed by atoms with Gasteiger partial charge in [0, 0.05) is 11.1 Å². The number of hydrogen-bond donors (Lipinski definition) is 2. The predicted molar refractivity (Wildman–Crippen MR) is 134 cm³/mol. The lowest BCUT2D eigenvalue weighted by Gasteiger charge is -2.26. The molecule has 5 rings (SSSR count). The lowest BCUT2D eigenvalue weighted by atomic mass is 9.94. The molecular formula is C28H29N3O5. The number of ether oxygens (including phenoxy) is 2. The number of H-pyrrole nitrogens is 1. The molecule has 0 spiro atoms. The van der Waals surface area contributed by atoms with E-state index in [0.717, 1.165) is 17.5 Å². The Morgan fingerprint density at radius 1 is 1.11 bits per heavy atom. The van der Waals surface area contributed by atoms with Gasteiger partial charge in [0.15, 0.2) is 11.5 Å². The fourth-order valence-corrected chi connectivity index (χ4v) is 4.62. The van der Waals surface area contributed by atoms with Crippen LogP contribution >= 0.6 is 0 Å². The molecule has 0 unspecified atom stereocenters. The first kappa shape index (κ1) is 23.5. The van der Waals surface area contributed by atoms with Crippen molar-refractivity contribution in [1.29, 1.82) is 0 Å². The van der Waals surface area contributed by atoms with Gasteiger partial charge in [0.25, 0.3) is 5.91 Å². The van der Waals surface area contributed by atoms with Crippen LogP contribution in [0.2, 0.25) is 0 Å². The predicted octanol–water partition coefficient (Wildman–Crippen LogP) is 5.62. The average molecular weight is 488 g/mol. The van der Waals surface area contributed by atoms with Crippen LogP contribution in [0, 0.1) is 6.92 Å². The molecule has 36 heavy (non-hydrogen) atoms. The number of furan rings is 1. The summed E-state index contributed by atoms with van der Waals surface area (Å²) in [5, 5.41) is 18.1. The molecule has 1 amide bonds. The van der Waals surface area contributed by atoms with Gasteiger partial charge in [0.05, 0.1) is 32.1 Å². The Labute approximate surface area is 209 Å². The number of amides is 1. The van der Waals surface area contributed by atoms with Crippen LogP contribution in [-0.2, 0) is 6.54 Å². The second kappa shape index (κ2) is 9.81. The zero-order valence-corrected chi connectivity index (χ0v) is 20.6. The number of carbonyl (C=O) groups excluding carboxylic acids is 1. The molecule has 1 aliphatic rings. The van der Waals surface area contributed by atoms with Crippen LogP contribution in [0.4, 0.5) is 0 Å². The van der Waals surface area contributed by atoms with E-state index in [1.165, 1.54) is 0 Å². The minimum atomic E-state index is -0.481. The van der Waals surface area contributed by atoms with Gasteiger partial charge in [-0.25, -0.2) is 0 Å². The molecule has 0 radical (unpaired) electrons. The van der Waals surface area contributed by atoms with E-state index in [-0.39, 0.29) is 18.2 Å². The van der Waals surface area contributed by atoms with Crippen LogP contribution in [0.1, 0.15) is 59.2 Å². The second-order valence-corrected chi connectivity index (χ2v) is 8.78. The molecule has 0 fully saturated rings. The molecule has 0 aliphatic carbocycles. The minimum Gasteiger partial charge on any atom is -0.507 e. The average Bonchev–Trinajstić information content (AvgIpc) is 3.60. The molecule has 1 atom stereocenters. The van der Waals surface area contributed by atoms with Crippen molar-refractivity contribution in [2.24, 2.45) is 0 Å². The number of aromatic nitrogens is 2. The van der Waals surface area contributed by atoms with Gasteiger partial charge in [-0.05, 0) is 62.2 Å². The third-order valence-electron chi connectivity index (χ3n) is 6.22. The number of hydrogen-bond acceptors (Lipinski definition) is 6. The molecule has 8 nitrogen and oxygen atoms in total. The third kappa shape index (κ3) is 4.19. The van der Waals surface area contributed by atoms with Crippen molar-refractivity contribution in [3.05, 3.63) is 82.9 Å². The molecule has 4 aromatic rings. The first-order chi connectivity index (χ1) is 17.5. The fraction of sp³-hybridized carbons (Fsp3) is 0.286. The van der Waals surface area contributed by atoms with Gasteiger partial charge in [0.1, 0.15) is 22.9 Å². The second-order valence-electron chi connectivity index (χ2n) is 8.78. The van der Waals surface area contributed by atoms with E-state index in [9.17, 15) is 9.90 Å². The summed E-state index contributed by atoms with van der Waals surface area (Å²) in [5.41, 5.74) is 4.03. The van der Waals surface area contributed by atoms with Gasteiger partial charge in [0.2, 0.25) is 0 Å². The van der Waals surface area contributed by atoms with Gasteiger partial charge < -0.3 is 23.9 Å². The van der Waals surface area contributed by atoms with Gasteiger partial charge in [-0.3, -0.25) is 9.89 Å². The van der Waals surface area contributed by atoms with Crippen molar-refractivity contribution in [3.63, 3.8) is 0 Å². The van der Waals surface area contributed by atoms with Crippen molar-refractivity contribution in [1.82, 2.24) is 15.1 Å². The monoisotopic (exact) mass is 487 g/mol. The Bertz CT molecular complexity index is 1380. The van der Waals surface area contributed by atoms with Crippen LogP contribution in [0.3, 0.4) is 0 Å². The van der Waals surface area contributed by atoms with E-state index in [2.05, 4.69) is 10.2 Å². The van der Waals surface area contributed by atoms with Crippen molar-refractivity contribution in [3.8, 4) is 28.5 Å². The van der Waals surface area contributed by atoms with Crippen LogP contribution in [-0.4, -0.2) is 39.3 Å². The summed E-state index contributed by atoms with van der Waals surface area (Å²) in [7, 11) is 0.